The third-order valence-corrected chi connectivity index (χ3v) is 3.76. The second-order valence-electron chi connectivity index (χ2n) is 3.29. The summed E-state index contributed by atoms with van der Waals surface area (Å²) in [6.45, 7) is 0.788. The number of nitrogens with one attached hydrogen (secondary N) is 1. The average molecular weight is 301 g/mol. The zero-order valence-corrected chi connectivity index (χ0v) is 11.0. The Bertz CT molecular complexity index is 498. The van der Waals surface area contributed by atoms with Crippen molar-refractivity contribution in [2.75, 3.05) is 7.05 Å². The van der Waals surface area contributed by atoms with E-state index in [-0.39, 0.29) is 5.82 Å². The molecular formula is C11H10BrFN2S. The summed E-state index contributed by atoms with van der Waals surface area (Å²) in [5.41, 5.74) is 0.813. The summed E-state index contributed by atoms with van der Waals surface area (Å²) in [6.07, 6.45) is 1.82. The quantitative estimate of drug-likeness (QED) is 0.939. The van der Waals surface area contributed by atoms with Crippen LogP contribution in [-0.2, 0) is 6.54 Å². The molecule has 0 aliphatic heterocycles. The number of hydrogen-bond donors (Lipinski definition) is 1. The van der Waals surface area contributed by atoms with Gasteiger partial charge < -0.3 is 5.32 Å². The summed E-state index contributed by atoms with van der Waals surface area (Å²) < 4.78 is 13.8. The summed E-state index contributed by atoms with van der Waals surface area (Å²) in [5.74, 6) is -0.261. The molecular weight excluding hydrogens is 291 g/mol. The molecule has 0 saturated heterocycles. The number of aromatic nitrogens is 1. The molecule has 0 aliphatic rings. The molecule has 0 spiro atoms. The van der Waals surface area contributed by atoms with Crippen molar-refractivity contribution in [3.63, 3.8) is 0 Å². The molecule has 1 aromatic carbocycles. The van der Waals surface area contributed by atoms with Crippen LogP contribution < -0.4 is 5.32 Å². The second kappa shape index (κ2) is 5.03. The van der Waals surface area contributed by atoms with E-state index in [1.807, 2.05) is 19.3 Å². The van der Waals surface area contributed by atoms with Gasteiger partial charge in [-0.1, -0.05) is 6.07 Å². The lowest BCUT2D eigenvalue weighted by Gasteiger charge is -1.98. The van der Waals surface area contributed by atoms with Gasteiger partial charge in [-0.3, -0.25) is 0 Å². The van der Waals surface area contributed by atoms with E-state index in [4.69, 9.17) is 0 Å². The summed E-state index contributed by atoms with van der Waals surface area (Å²) in [4.78, 5) is 5.41. The fourth-order valence-corrected chi connectivity index (χ4v) is 2.49. The van der Waals surface area contributed by atoms with Crippen molar-refractivity contribution in [3.05, 3.63) is 39.6 Å². The number of thiazole rings is 1. The molecule has 5 heteroatoms. The molecule has 1 N–H and O–H groups in total. The van der Waals surface area contributed by atoms with Gasteiger partial charge in [0.15, 0.2) is 0 Å². The Labute approximate surface area is 106 Å². The lowest BCUT2D eigenvalue weighted by atomic mass is 10.2. The summed E-state index contributed by atoms with van der Waals surface area (Å²) in [6, 6.07) is 5.05. The molecule has 0 atom stereocenters. The van der Waals surface area contributed by atoms with Gasteiger partial charge in [0.2, 0.25) is 0 Å². The Balaban J connectivity index is 2.31. The molecule has 84 valence electrons. The Morgan fingerprint density at radius 3 is 3.00 bits per heavy atom. The molecule has 1 aromatic heterocycles. The monoisotopic (exact) mass is 300 g/mol. The molecule has 0 bridgehead atoms. The highest BCUT2D eigenvalue weighted by Crippen LogP contribution is 2.27. The first-order valence-electron chi connectivity index (χ1n) is 4.75. The predicted molar refractivity (Wildman–Crippen MR) is 68.0 cm³/mol. The van der Waals surface area contributed by atoms with Gasteiger partial charge in [-0.15, -0.1) is 11.3 Å². The number of rotatable bonds is 3. The van der Waals surface area contributed by atoms with Gasteiger partial charge in [0.05, 0.1) is 4.47 Å². The lowest BCUT2D eigenvalue weighted by molar-refractivity contribution is 0.621. The van der Waals surface area contributed by atoms with Crippen LogP contribution >= 0.6 is 27.3 Å². The first kappa shape index (κ1) is 11.7. The van der Waals surface area contributed by atoms with Gasteiger partial charge in [0, 0.05) is 23.2 Å². The maximum absolute atomic E-state index is 13.3. The van der Waals surface area contributed by atoms with E-state index in [2.05, 4.69) is 26.2 Å². The molecule has 0 fully saturated rings. The molecule has 2 aromatic rings. The maximum Gasteiger partial charge on any atom is 0.138 e. The average Bonchev–Trinajstić information content (AvgIpc) is 2.71. The van der Waals surface area contributed by atoms with Crippen LogP contribution in [0.4, 0.5) is 4.39 Å². The standard InChI is InChI=1S/C11H10BrFN2S/c1-14-5-8-6-15-11(16-8)7-2-3-9(12)10(13)4-7/h2-4,6,14H,5H2,1H3. The van der Waals surface area contributed by atoms with E-state index in [1.165, 1.54) is 6.07 Å². The Morgan fingerprint density at radius 1 is 1.50 bits per heavy atom. The van der Waals surface area contributed by atoms with Crippen molar-refractivity contribution in [1.29, 1.82) is 0 Å². The molecule has 0 saturated carbocycles. The minimum Gasteiger partial charge on any atom is -0.315 e. The minimum atomic E-state index is -0.261. The molecule has 0 aliphatic carbocycles. The highest BCUT2D eigenvalue weighted by molar-refractivity contribution is 9.10. The van der Waals surface area contributed by atoms with Crippen LogP contribution in [0.1, 0.15) is 4.88 Å². The highest BCUT2D eigenvalue weighted by Gasteiger charge is 2.07. The molecule has 0 radical (unpaired) electrons. The largest absolute Gasteiger partial charge is 0.315 e. The van der Waals surface area contributed by atoms with Crippen LogP contribution in [0.5, 0.6) is 0 Å². The summed E-state index contributed by atoms with van der Waals surface area (Å²) in [7, 11) is 1.89. The van der Waals surface area contributed by atoms with Crippen molar-refractivity contribution in [1.82, 2.24) is 10.3 Å². The van der Waals surface area contributed by atoms with Gasteiger partial charge in [0.1, 0.15) is 10.8 Å². The van der Waals surface area contributed by atoms with Gasteiger partial charge >= 0.3 is 0 Å². The van der Waals surface area contributed by atoms with Crippen molar-refractivity contribution >= 4 is 27.3 Å². The molecule has 1 heterocycles. The fourth-order valence-electron chi connectivity index (χ4n) is 1.33. The third kappa shape index (κ3) is 2.48. The SMILES string of the molecule is CNCc1cnc(-c2ccc(Br)c(F)c2)s1. The zero-order valence-electron chi connectivity index (χ0n) is 8.63. The molecule has 16 heavy (non-hydrogen) atoms. The minimum absolute atomic E-state index is 0.261. The Kier molecular flexibility index (Phi) is 3.68. The normalized spacial score (nSPS) is 10.7. The second-order valence-corrected chi connectivity index (χ2v) is 5.26. The summed E-state index contributed by atoms with van der Waals surface area (Å²) >= 11 is 4.70. The van der Waals surface area contributed by atoms with Crippen LogP contribution in [0, 0.1) is 5.82 Å². The van der Waals surface area contributed by atoms with Gasteiger partial charge in [0.25, 0.3) is 0 Å². The van der Waals surface area contributed by atoms with E-state index in [1.54, 1.807) is 17.4 Å². The van der Waals surface area contributed by atoms with Crippen LogP contribution in [0.15, 0.2) is 28.9 Å². The van der Waals surface area contributed by atoms with Crippen LogP contribution in [0.25, 0.3) is 10.6 Å². The smallest absolute Gasteiger partial charge is 0.138 e. The highest BCUT2D eigenvalue weighted by atomic mass is 79.9. The van der Waals surface area contributed by atoms with E-state index in [9.17, 15) is 4.39 Å². The summed E-state index contributed by atoms with van der Waals surface area (Å²) in [5, 5.41) is 3.90. The number of nitrogens with zero attached hydrogens (tertiary/aromatic N) is 1. The van der Waals surface area contributed by atoms with Gasteiger partial charge in [-0.05, 0) is 35.1 Å². The van der Waals surface area contributed by atoms with Crippen molar-refractivity contribution in [3.8, 4) is 10.6 Å². The van der Waals surface area contributed by atoms with E-state index in [0.717, 1.165) is 22.0 Å². The lowest BCUT2D eigenvalue weighted by Crippen LogP contribution is -2.02. The molecule has 2 rings (SSSR count). The van der Waals surface area contributed by atoms with E-state index < -0.39 is 0 Å². The fraction of sp³-hybridized carbons (Fsp3) is 0.182. The predicted octanol–water partition coefficient (Wildman–Crippen LogP) is 3.43. The number of halogens is 2. The van der Waals surface area contributed by atoms with Crippen molar-refractivity contribution in [2.45, 2.75) is 6.54 Å². The first-order chi connectivity index (χ1) is 7.70. The Morgan fingerprint density at radius 2 is 2.31 bits per heavy atom. The van der Waals surface area contributed by atoms with Crippen LogP contribution in [0.2, 0.25) is 0 Å². The molecule has 0 unspecified atom stereocenters. The number of hydrogen-bond acceptors (Lipinski definition) is 3. The van der Waals surface area contributed by atoms with Crippen molar-refractivity contribution < 1.29 is 4.39 Å². The third-order valence-electron chi connectivity index (χ3n) is 2.07. The molecule has 0 amide bonds. The first-order valence-corrected chi connectivity index (χ1v) is 6.36. The van der Waals surface area contributed by atoms with Crippen LogP contribution in [0.3, 0.4) is 0 Å². The van der Waals surface area contributed by atoms with Gasteiger partial charge in [-0.2, -0.15) is 0 Å². The zero-order chi connectivity index (χ0) is 11.5. The van der Waals surface area contributed by atoms with E-state index >= 15 is 0 Å². The van der Waals surface area contributed by atoms with Crippen LogP contribution in [-0.4, -0.2) is 12.0 Å². The topological polar surface area (TPSA) is 24.9 Å². The number of benzene rings is 1. The van der Waals surface area contributed by atoms with E-state index in [0.29, 0.717) is 4.47 Å². The van der Waals surface area contributed by atoms with Crippen molar-refractivity contribution in [2.24, 2.45) is 0 Å². The van der Waals surface area contributed by atoms with Gasteiger partial charge in [-0.25, -0.2) is 9.37 Å². The Hall–Kier alpha value is -0.780. The molecule has 2 nitrogen and oxygen atoms in total. The maximum atomic E-state index is 13.3.